The van der Waals surface area contributed by atoms with Crippen LogP contribution >= 0.6 is 11.6 Å². The molecule has 15 heteroatoms. The van der Waals surface area contributed by atoms with E-state index in [2.05, 4.69) is 67.4 Å². The molecule has 4 aliphatic rings. The first-order valence-corrected chi connectivity index (χ1v) is 20.5. The van der Waals surface area contributed by atoms with Gasteiger partial charge in [0.15, 0.2) is 11.6 Å². The van der Waals surface area contributed by atoms with Gasteiger partial charge in [-0.25, -0.2) is 19.9 Å². The van der Waals surface area contributed by atoms with Crippen molar-refractivity contribution in [2.45, 2.75) is 89.4 Å². The first-order valence-electron chi connectivity index (χ1n) is 20.2. The fraction of sp³-hybridized carbons (Fsp3) is 0.364. The van der Waals surface area contributed by atoms with Crippen LogP contribution in [-0.2, 0) is 9.59 Å². The predicted octanol–water partition coefficient (Wildman–Crippen LogP) is 7.76. The van der Waals surface area contributed by atoms with Gasteiger partial charge in [-0.15, -0.1) is 0 Å². The molecule has 59 heavy (non-hydrogen) atoms. The van der Waals surface area contributed by atoms with E-state index in [0.717, 1.165) is 84.3 Å². The SMILES string of the molecule is CC(C)N1c2nc(-n3ccnc3-c3ccccc3)ncc2N(C)C(=O)C12CCC2.CC(C)N1c2nc(Cl)ncc2N(C)C(=O)C12CCC2.c1ccc(-c2ncc[nH]2)cc1. The Bertz CT molecular complexity index is 2430. The molecule has 0 bridgehead atoms. The van der Waals surface area contributed by atoms with Gasteiger partial charge < -0.3 is 24.6 Å². The second kappa shape index (κ2) is 15.9. The Morgan fingerprint density at radius 3 is 1.68 bits per heavy atom. The molecule has 2 aromatic carbocycles. The second-order valence-electron chi connectivity index (χ2n) is 15.9. The fourth-order valence-corrected chi connectivity index (χ4v) is 8.93. The van der Waals surface area contributed by atoms with Gasteiger partial charge in [0.1, 0.15) is 34.1 Å². The zero-order chi connectivity index (χ0) is 41.5. The molecule has 0 radical (unpaired) electrons. The van der Waals surface area contributed by atoms with Crippen molar-refractivity contribution in [3.63, 3.8) is 0 Å². The number of hydrogen-bond donors (Lipinski definition) is 1. The molecule has 2 amide bonds. The molecule has 0 atom stereocenters. The molecule has 0 unspecified atom stereocenters. The van der Waals surface area contributed by atoms with Crippen LogP contribution in [0.2, 0.25) is 5.28 Å². The lowest BCUT2D eigenvalue weighted by Crippen LogP contribution is -2.68. The predicted molar refractivity (Wildman–Crippen MR) is 231 cm³/mol. The van der Waals surface area contributed by atoms with E-state index in [1.807, 2.05) is 84.7 Å². The molecule has 304 valence electrons. The van der Waals surface area contributed by atoms with Crippen LogP contribution in [0.5, 0.6) is 0 Å². The molecule has 6 aromatic rings. The number of nitrogens with zero attached hydrogens (tertiary/aromatic N) is 11. The van der Waals surface area contributed by atoms with Crippen molar-refractivity contribution < 1.29 is 9.59 Å². The first kappa shape index (κ1) is 39.7. The second-order valence-corrected chi connectivity index (χ2v) is 16.3. The number of halogens is 1. The minimum atomic E-state index is -0.473. The van der Waals surface area contributed by atoms with Gasteiger partial charge in [0.2, 0.25) is 11.2 Å². The van der Waals surface area contributed by atoms with Gasteiger partial charge in [0.25, 0.3) is 11.8 Å². The van der Waals surface area contributed by atoms with Gasteiger partial charge in [-0.05, 0) is 77.8 Å². The van der Waals surface area contributed by atoms with Crippen LogP contribution in [0.25, 0.3) is 28.7 Å². The van der Waals surface area contributed by atoms with Crippen LogP contribution in [0.15, 0.2) is 97.8 Å². The Morgan fingerprint density at radius 1 is 0.661 bits per heavy atom. The van der Waals surface area contributed by atoms with Gasteiger partial charge in [-0.1, -0.05) is 60.7 Å². The highest BCUT2D eigenvalue weighted by Gasteiger charge is 2.57. The fourth-order valence-electron chi connectivity index (χ4n) is 8.80. The van der Waals surface area contributed by atoms with E-state index in [9.17, 15) is 9.59 Å². The summed E-state index contributed by atoms with van der Waals surface area (Å²) >= 11 is 5.93. The Labute approximate surface area is 349 Å². The summed E-state index contributed by atoms with van der Waals surface area (Å²) in [5.41, 5.74) is 2.72. The number of carbonyl (C=O) groups excluding carboxylic acids is 2. The van der Waals surface area contributed by atoms with Crippen LogP contribution < -0.4 is 19.6 Å². The van der Waals surface area contributed by atoms with Crippen molar-refractivity contribution in [1.29, 1.82) is 0 Å². The lowest BCUT2D eigenvalue weighted by Gasteiger charge is -2.55. The minimum absolute atomic E-state index is 0.144. The monoisotopic (exact) mass is 812 g/mol. The Balaban J connectivity index is 0.000000137. The molecule has 14 nitrogen and oxygen atoms in total. The number of carbonyl (C=O) groups is 2. The highest BCUT2D eigenvalue weighted by Crippen LogP contribution is 2.50. The summed E-state index contributed by atoms with van der Waals surface area (Å²) < 4.78 is 1.90. The number of amides is 2. The third-order valence-electron chi connectivity index (χ3n) is 11.8. The molecular weight excluding hydrogens is 764 g/mol. The number of anilines is 4. The summed E-state index contributed by atoms with van der Waals surface area (Å²) in [4.78, 5) is 63.2. The summed E-state index contributed by atoms with van der Waals surface area (Å²) in [6.07, 6.45) is 16.2. The number of H-pyrrole nitrogens is 1. The number of benzene rings is 2. The van der Waals surface area contributed by atoms with E-state index in [1.54, 1.807) is 41.6 Å². The molecule has 2 fully saturated rings. The normalized spacial score (nSPS) is 17.2. The Kier molecular flexibility index (Phi) is 10.7. The third-order valence-corrected chi connectivity index (χ3v) is 12.0. The smallest absolute Gasteiger partial charge is 0.252 e. The lowest BCUT2D eigenvalue weighted by atomic mass is 9.72. The molecular formula is C44H49ClN12O2. The largest absolute Gasteiger partial charge is 0.345 e. The van der Waals surface area contributed by atoms with Crippen molar-refractivity contribution in [1.82, 2.24) is 39.5 Å². The number of likely N-dealkylation sites (N-methyl/N-ethyl adjacent to an activating group) is 2. The molecule has 10 rings (SSSR count). The number of fused-ring (bicyclic) bond motifs is 2. The average molecular weight is 813 g/mol. The summed E-state index contributed by atoms with van der Waals surface area (Å²) in [6, 6.07) is 20.4. The van der Waals surface area contributed by atoms with Gasteiger partial charge in [0, 0.05) is 62.1 Å². The summed E-state index contributed by atoms with van der Waals surface area (Å²) in [5.74, 6) is 4.16. The first-order chi connectivity index (χ1) is 28.5. The minimum Gasteiger partial charge on any atom is -0.345 e. The zero-order valence-electron chi connectivity index (χ0n) is 34.2. The molecule has 6 heterocycles. The maximum atomic E-state index is 13.2. The van der Waals surface area contributed by atoms with E-state index in [-0.39, 0.29) is 29.2 Å². The molecule has 4 aromatic heterocycles. The van der Waals surface area contributed by atoms with E-state index >= 15 is 0 Å². The van der Waals surface area contributed by atoms with E-state index in [1.165, 1.54) is 0 Å². The summed E-state index contributed by atoms with van der Waals surface area (Å²) in [6.45, 7) is 8.41. The van der Waals surface area contributed by atoms with E-state index in [0.29, 0.717) is 5.95 Å². The Morgan fingerprint density at radius 2 is 1.19 bits per heavy atom. The maximum absolute atomic E-state index is 13.2. The molecule has 0 saturated heterocycles. The van der Waals surface area contributed by atoms with Crippen LogP contribution in [-0.4, -0.2) is 88.5 Å². The molecule has 2 aliphatic heterocycles. The highest BCUT2D eigenvalue weighted by molar-refractivity contribution is 6.28. The highest BCUT2D eigenvalue weighted by atomic mass is 35.5. The number of hydrogen-bond acceptors (Lipinski definition) is 10. The summed E-state index contributed by atoms with van der Waals surface area (Å²) in [5, 5.41) is 0.224. The van der Waals surface area contributed by atoms with Crippen molar-refractivity contribution in [2.75, 3.05) is 33.7 Å². The number of aromatic amines is 1. The van der Waals surface area contributed by atoms with E-state index < -0.39 is 11.1 Å². The quantitative estimate of drug-likeness (QED) is 0.172. The topological polar surface area (TPSA) is 145 Å². The van der Waals surface area contributed by atoms with Gasteiger partial charge in [0.05, 0.1) is 12.4 Å². The molecule has 2 aliphatic carbocycles. The van der Waals surface area contributed by atoms with Crippen LogP contribution in [0.1, 0.15) is 66.2 Å². The van der Waals surface area contributed by atoms with Crippen LogP contribution in [0.4, 0.5) is 23.0 Å². The van der Waals surface area contributed by atoms with Crippen molar-refractivity contribution in [2.24, 2.45) is 0 Å². The molecule has 2 spiro atoms. The van der Waals surface area contributed by atoms with Gasteiger partial charge in [-0.3, -0.25) is 14.2 Å². The molecule has 1 N–H and O–H groups in total. The Hall–Kier alpha value is -6.15. The van der Waals surface area contributed by atoms with Crippen molar-refractivity contribution in [3.05, 3.63) is 103 Å². The van der Waals surface area contributed by atoms with Crippen molar-refractivity contribution in [3.8, 4) is 28.7 Å². The number of nitrogens with one attached hydrogen (secondary N) is 1. The molecule has 2 saturated carbocycles. The summed E-state index contributed by atoms with van der Waals surface area (Å²) in [7, 11) is 3.62. The average Bonchev–Trinajstić information content (AvgIpc) is 3.94. The van der Waals surface area contributed by atoms with Gasteiger partial charge >= 0.3 is 0 Å². The van der Waals surface area contributed by atoms with Gasteiger partial charge in [-0.2, -0.15) is 9.97 Å². The lowest BCUT2D eigenvalue weighted by molar-refractivity contribution is -0.127. The van der Waals surface area contributed by atoms with Crippen molar-refractivity contribution >= 4 is 46.4 Å². The van der Waals surface area contributed by atoms with Crippen LogP contribution in [0, 0.1) is 0 Å². The van der Waals surface area contributed by atoms with E-state index in [4.69, 9.17) is 16.6 Å². The number of aromatic nitrogens is 8. The zero-order valence-corrected chi connectivity index (χ0v) is 35.0. The maximum Gasteiger partial charge on any atom is 0.252 e. The number of rotatable bonds is 5. The standard InChI is InChI=1S/C22H24N6O.C13H17ClN4O.C9H8N2/c1-15(2)28-19-17(26(3)20(29)22(28)10-7-11-22)14-24-21(25-19)27-13-12-23-18(27)16-8-5-4-6-9-16;1-8(2)18-10-9(7-15-12(14)16-10)17(3)11(19)13(18)5-4-6-13;1-2-4-8(5-3-1)9-10-6-7-11-9/h4-6,8-9,12-15H,7,10-11H2,1-3H3;7-8H,4-6H2,1-3H3;1-7H,(H,10,11). The van der Waals surface area contributed by atoms with Crippen LogP contribution in [0.3, 0.4) is 0 Å². The third kappa shape index (κ3) is 6.88. The number of imidazole rings is 2.